The zero-order chi connectivity index (χ0) is 15.8. The lowest BCUT2D eigenvalue weighted by atomic mass is 10.0. The second-order valence-electron chi connectivity index (χ2n) is 5.96. The van der Waals surface area contributed by atoms with Gasteiger partial charge in [0.15, 0.2) is 0 Å². The van der Waals surface area contributed by atoms with Crippen molar-refractivity contribution in [3.05, 3.63) is 29.6 Å². The van der Waals surface area contributed by atoms with Crippen molar-refractivity contribution in [2.45, 2.75) is 30.2 Å². The molecule has 0 spiro atoms. The SMILES string of the molecule is CN1CCN(S(=O)(=O)c2ccc(F)c(CCl)c2)CC1(C)C. The molecule has 1 aromatic rings. The van der Waals surface area contributed by atoms with Crippen LogP contribution in [0.1, 0.15) is 19.4 Å². The van der Waals surface area contributed by atoms with Crippen LogP contribution in [0.5, 0.6) is 0 Å². The van der Waals surface area contributed by atoms with Crippen LogP contribution in [0.4, 0.5) is 4.39 Å². The number of benzene rings is 1. The molecule has 0 N–H and O–H groups in total. The van der Waals surface area contributed by atoms with Gasteiger partial charge in [-0.25, -0.2) is 12.8 Å². The lowest BCUT2D eigenvalue weighted by molar-refractivity contribution is 0.0801. The highest BCUT2D eigenvalue weighted by atomic mass is 35.5. The third kappa shape index (κ3) is 3.23. The molecule has 1 aliphatic heterocycles. The number of sulfonamides is 1. The third-order valence-corrected chi connectivity index (χ3v) is 6.21. The molecule has 1 aromatic carbocycles. The topological polar surface area (TPSA) is 40.6 Å². The number of nitrogens with zero attached hydrogens (tertiary/aromatic N) is 2. The van der Waals surface area contributed by atoms with Crippen LogP contribution in [0.25, 0.3) is 0 Å². The fourth-order valence-electron chi connectivity index (χ4n) is 2.36. The summed E-state index contributed by atoms with van der Waals surface area (Å²) in [5.74, 6) is -0.536. The summed E-state index contributed by atoms with van der Waals surface area (Å²) in [5, 5.41) is 0. The number of alkyl halides is 1. The lowest BCUT2D eigenvalue weighted by Gasteiger charge is -2.44. The van der Waals surface area contributed by atoms with Gasteiger partial charge in [-0.05, 0) is 39.1 Å². The van der Waals surface area contributed by atoms with Crippen LogP contribution in [0.15, 0.2) is 23.1 Å². The fourth-order valence-corrected chi connectivity index (χ4v) is 4.21. The van der Waals surface area contributed by atoms with Crippen LogP contribution < -0.4 is 0 Å². The van der Waals surface area contributed by atoms with Crippen LogP contribution in [-0.4, -0.2) is 49.8 Å². The Balaban J connectivity index is 2.34. The maximum absolute atomic E-state index is 13.5. The Kier molecular flexibility index (Phi) is 4.63. The highest BCUT2D eigenvalue weighted by Crippen LogP contribution is 2.26. The van der Waals surface area contributed by atoms with E-state index < -0.39 is 15.8 Å². The van der Waals surface area contributed by atoms with E-state index in [1.807, 2.05) is 20.9 Å². The van der Waals surface area contributed by atoms with Crippen molar-refractivity contribution in [1.29, 1.82) is 0 Å². The van der Waals surface area contributed by atoms with Gasteiger partial charge >= 0.3 is 0 Å². The van der Waals surface area contributed by atoms with Gasteiger partial charge in [0.2, 0.25) is 10.0 Å². The Labute approximate surface area is 130 Å². The van der Waals surface area contributed by atoms with Gasteiger partial charge in [0.25, 0.3) is 0 Å². The zero-order valence-corrected chi connectivity index (χ0v) is 14.0. The maximum Gasteiger partial charge on any atom is 0.243 e. The van der Waals surface area contributed by atoms with Crippen LogP contribution in [0.2, 0.25) is 0 Å². The molecule has 1 aliphatic rings. The molecule has 0 amide bonds. The molecule has 0 unspecified atom stereocenters. The lowest BCUT2D eigenvalue weighted by Crippen LogP contribution is -2.58. The largest absolute Gasteiger partial charge is 0.299 e. The van der Waals surface area contributed by atoms with E-state index in [0.717, 1.165) is 6.07 Å². The number of rotatable bonds is 3. The molecule has 0 aliphatic carbocycles. The molecule has 21 heavy (non-hydrogen) atoms. The monoisotopic (exact) mass is 334 g/mol. The molecule has 0 saturated carbocycles. The predicted molar refractivity (Wildman–Crippen MR) is 81.4 cm³/mol. The second kappa shape index (κ2) is 5.83. The molecule has 2 rings (SSSR count). The highest BCUT2D eigenvalue weighted by molar-refractivity contribution is 7.89. The van der Waals surface area contributed by atoms with Crippen LogP contribution in [0.3, 0.4) is 0 Å². The normalized spacial score (nSPS) is 20.6. The van der Waals surface area contributed by atoms with Crippen molar-refractivity contribution in [2.24, 2.45) is 0 Å². The molecule has 0 bridgehead atoms. The molecule has 0 radical (unpaired) electrons. The highest BCUT2D eigenvalue weighted by Gasteiger charge is 2.37. The van der Waals surface area contributed by atoms with Crippen LogP contribution in [0, 0.1) is 5.82 Å². The van der Waals surface area contributed by atoms with E-state index in [-0.39, 0.29) is 21.9 Å². The van der Waals surface area contributed by atoms with Crippen LogP contribution >= 0.6 is 11.6 Å². The van der Waals surface area contributed by atoms with Crippen molar-refractivity contribution >= 4 is 21.6 Å². The minimum Gasteiger partial charge on any atom is -0.299 e. The number of hydrogen-bond donors (Lipinski definition) is 0. The van der Waals surface area contributed by atoms with Crippen molar-refractivity contribution in [3.63, 3.8) is 0 Å². The van der Waals surface area contributed by atoms with E-state index in [1.165, 1.54) is 16.4 Å². The van der Waals surface area contributed by atoms with Gasteiger partial charge in [0.1, 0.15) is 5.82 Å². The van der Waals surface area contributed by atoms with Gasteiger partial charge in [0.05, 0.1) is 10.8 Å². The van der Waals surface area contributed by atoms with Crippen molar-refractivity contribution in [2.75, 3.05) is 26.7 Å². The summed E-state index contributed by atoms with van der Waals surface area (Å²) in [4.78, 5) is 2.23. The third-order valence-electron chi connectivity index (χ3n) is 4.08. The number of halogens is 2. The molecule has 1 fully saturated rings. The number of piperazine rings is 1. The smallest absolute Gasteiger partial charge is 0.243 e. The Morgan fingerprint density at radius 1 is 1.33 bits per heavy atom. The van der Waals surface area contributed by atoms with E-state index in [9.17, 15) is 12.8 Å². The minimum atomic E-state index is -3.62. The van der Waals surface area contributed by atoms with Gasteiger partial charge in [-0.15, -0.1) is 11.6 Å². The Morgan fingerprint density at radius 2 is 2.00 bits per heavy atom. The van der Waals surface area contributed by atoms with E-state index in [1.54, 1.807) is 0 Å². The van der Waals surface area contributed by atoms with Crippen molar-refractivity contribution in [3.8, 4) is 0 Å². The maximum atomic E-state index is 13.5. The molecule has 1 heterocycles. The van der Waals surface area contributed by atoms with Gasteiger partial charge in [-0.1, -0.05) is 0 Å². The number of hydrogen-bond acceptors (Lipinski definition) is 3. The molecule has 0 atom stereocenters. The molecule has 4 nitrogen and oxygen atoms in total. The zero-order valence-electron chi connectivity index (χ0n) is 12.4. The van der Waals surface area contributed by atoms with E-state index in [2.05, 4.69) is 4.90 Å². The quantitative estimate of drug-likeness (QED) is 0.796. The van der Waals surface area contributed by atoms with E-state index in [0.29, 0.717) is 19.6 Å². The summed E-state index contributed by atoms with van der Waals surface area (Å²) in [6.07, 6.45) is 0. The van der Waals surface area contributed by atoms with E-state index >= 15 is 0 Å². The van der Waals surface area contributed by atoms with Gasteiger partial charge in [-0.2, -0.15) is 4.31 Å². The summed E-state index contributed by atoms with van der Waals surface area (Å²) < 4.78 is 40.3. The average Bonchev–Trinajstić information content (AvgIpc) is 2.42. The van der Waals surface area contributed by atoms with Crippen molar-refractivity contribution in [1.82, 2.24) is 9.21 Å². The first-order chi connectivity index (χ1) is 9.68. The van der Waals surface area contributed by atoms with Gasteiger partial charge in [0, 0.05) is 30.7 Å². The minimum absolute atomic E-state index is 0.0522. The van der Waals surface area contributed by atoms with Gasteiger partial charge in [-0.3, -0.25) is 4.90 Å². The van der Waals surface area contributed by atoms with Gasteiger partial charge < -0.3 is 0 Å². The molecular formula is C14H20ClFN2O2S. The van der Waals surface area contributed by atoms with Crippen LogP contribution in [-0.2, 0) is 15.9 Å². The summed E-state index contributed by atoms with van der Waals surface area (Å²) in [7, 11) is -1.64. The first-order valence-corrected chi connectivity index (χ1v) is 8.72. The molecule has 7 heteroatoms. The molecular weight excluding hydrogens is 315 g/mol. The standard InChI is InChI=1S/C14H20ClFN2O2S/c1-14(2)10-18(7-6-17(14)3)21(19,20)12-4-5-13(16)11(8-12)9-15/h4-5,8H,6-7,9-10H2,1-3H3. The average molecular weight is 335 g/mol. The molecule has 0 aromatic heterocycles. The Morgan fingerprint density at radius 3 is 2.57 bits per heavy atom. The Bertz CT molecular complexity index is 634. The molecule has 1 saturated heterocycles. The summed E-state index contributed by atoms with van der Waals surface area (Å²) in [5.41, 5.74) is -0.0353. The summed E-state index contributed by atoms with van der Waals surface area (Å²) in [6, 6.07) is 3.78. The first kappa shape index (κ1) is 16.7. The fraction of sp³-hybridized carbons (Fsp3) is 0.571. The first-order valence-electron chi connectivity index (χ1n) is 6.74. The second-order valence-corrected chi connectivity index (χ2v) is 8.16. The van der Waals surface area contributed by atoms with Crippen molar-refractivity contribution < 1.29 is 12.8 Å². The number of likely N-dealkylation sites (N-methyl/N-ethyl adjacent to an activating group) is 1. The predicted octanol–water partition coefficient (Wildman–Crippen LogP) is 2.28. The molecule has 118 valence electrons. The summed E-state index contributed by atoms with van der Waals surface area (Å²) in [6.45, 7) is 5.50. The Hall–Kier alpha value is -0.690. The van der Waals surface area contributed by atoms with E-state index in [4.69, 9.17) is 11.6 Å². The summed E-state index contributed by atoms with van der Waals surface area (Å²) >= 11 is 5.65.